The van der Waals surface area contributed by atoms with Crippen LogP contribution >= 0.6 is 0 Å². The Morgan fingerprint density at radius 1 is 0.829 bits per heavy atom. The first kappa shape index (κ1) is 24.1. The molecule has 5 nitrogen and oxygen atoms in total. The van der Waals surface area contributed by atoms with Gasteiger partial charge >= 0.3 is 18.3 Å². The number of fused-ring (bicyclic) bond motifs is 2. The zero-order chi connectivity index (χ0) is 25.4. The zero-order valence-corrected chi connectivity index (χ0v) is 17.5. The molecule has 2 aliphatic rings. The van der Waals surface area contributed by atoms with E-state index in [1.54, 1.807) is 6.07 Å². The molecule has 1 aliphatic carbocycles. The summed E-state index contributed by atoms with van der Waals surface area (Å²) in [5.74, 6) is -1.35. The van der Waals surface area contributed by atoms with E-state index in [-0.39, 0.29) is 28.2 Å². The normalized spacial score (nSPS) is 12.2. The van der Waals surface area contributed by atoms with Crippen LogP contribution < -0.4 is 10.2 Å². The third-order valence-electron chi connectivity index (χ3n) is 4.85. The number of carbonyl (C=O) groups is 1. The maximum absolute atomic E-state index is 12.6. The molecule has 0 N–H and O–H groups in total. The number of carbonyl (C=O) groups excluding carboxylic acids is 1. The molecular weight excluding hydrogens is 482 g/mol. The van der Waals surface area contributed by atoms with Crippen molar-refractivity contribution in [2.24, 2.45) is 0 Å². The summed E-state index contributed by atoms with van der Waals surface area (Å²) in [6.45, 7) is -3.33. The minimum atomic E-state index is -4.73. The van der Waals surface area contributed by atoms with Crippen LogP contribution in [-0.2, 0) is 4.74 Å². The van der Waals surface area contributed by atoms with Crippen molar-refractivity contribution >= 4 is 16.9 Å². The molecule has 0 saturated heterocycles. The number of alkyl halides is 6. The van der Waals surface area contributed by atoms with Crippen molar-refractivity contribution in [1.29, 1.82) is 0 Å². The smallest absolute Gasteiger partial charge is 0.422 e. The van der Waals surface area contributed by atoms with Crippen LogP contribution in [-0.4, -0.2) is 31.5 Å². The summed E-state index contributed by atoms with van der Waals surface area (Å²) in [5, 5.41) is 0.312. The summed E-state index contributed by atoms with van der Waals surface area (Å²) in [7, 11) is 0. The Kier molecular flexibility index (Phi) is 6.18. The number of esters is 1. The third-order valence-corrected chi connectivity index (χ3v) is 4.85. The van der Waals surface area contributed by atoms with E-state index >= 15 is 0 Å². The fourth-order valence-electron chi connectivity index (χ4n) is 3.50. The Morgan fingerprint density at radius 2 is 1.54 bits per heavy atom. The first-order valence-electron chi connectivity index (χ1n) is 9.95. The molecule has 0 saturated carbocycles. The lowest BCUT2D eigenvalue weighted by molar-refractivity contribution is -0.161. The molecule has 2 aromatic rings. The van der Waals surface area contributed by atoms with Gasteiger partial charge in [0.25, 0.3) is 0 Å². The average Bonchev–Trinajstić information content (AvgIpc) is 2.78. The first-order valence-corrected chi connectivity index (χ1v) is 9.95. The van der Waals surface area contributed by atoms with Crippen LogP contribution in [0.5, 0.6) is 5.75 Å². The monoisotopic (exact) mass is 496 g/mol. The highest BCUT2D eigenvalue weighted by molar-refractivity contribution is 6.07. The molecule has 0 radical (unpaired) electrons. The fourth-order valence-corrected chi connectivity index (χ4v) is 3.50. The van der Waals surface area contributed by atoms with Crippen molar-refractivity contribution < 1.29 is 45.0 Å². The SMILES string of the molecule is O=C(OCC(F)(F)F)c1ccccc1-c1c2ccc(=O)cc-2oc2cc(OCC(F)(F)F)ccc12. The van der Waals surface area contributed by atoms with Crippen molar-refractivity contribution in [3.63, 3.8) is 0 Å². The highest BCUT2D eigenvalue weighted by Crippen LogP contribution is 2.42. The van der Waals surface area contributed by atoms with Crippen LogP contribution in [0.1, 0.15) is 10.4 Å². The summed E-state index contributed by atoms with van der Waals surface area (Å²) >= 11 is 0. The van der Waals surface area contributed by atoms with Crippen LogP contribution in [0.2, 0.25) is 0 Å². The summed E-state index contributed by atoms with van der Waals surface area (Å²) in [5.41, 5.74) is 0.243. The van der Waals surface area contributed by atoms with Crippen LogP contribution in [0.3, 0.4) is 0 Å². The Hall–Kier alpha value is -4.02. The molecule has 182 valence electrons. The van der Waals surface area contributed by atoms with Crippen molar-refractivity contribution in [2.75, 3.05) is 13.2 Å². The van der Waals surface area contributed by atoms with Crippen molar-refractivity contribution in [1.82, 2.24) is 0 Å². The summed E-state index contributed by atoms with van der Waals surface area (Å²) in [6, 6.07) is 13.4. The Bertz CT molecular complexity index is 1420. The van der Waals surface area contributed by atoms with Crippen LogP contribution in [0, 0.1) is 0 Å². The molecule has 35 heavy (non-hydrogen) atoms. The fraction of sp³-hybridized carbons (Fsp3) is 0.167. The van der Waals surface area contributed by atoms with Gasteiger partial charge < -0.3 is 13.9 Å². The molecule has 2 aromatic carbocycles. The number of ether oxygens (including phenoxy) is 2. The standard InChI is InChI=1S/C24H14F6O5/c25-23(26,27)11-33-14-6-8-18-20(10-14)35-19-9-13(31)5-7-17(19)21(18)15-3-1-2-4-16(15)22(32)34-12-24(28,29)30/h1-10H,11-12H2. The molecule has 11 heteroatoms. The maximum atomic E-state index is 12.6. The van der Waals surface area contributed by atoms with E-state index in [0.29, 0.717) is 16.5 Å². The van der Waals surface area contributed by atoms with Gasteiger partial charge in [0, 0.05) is 28.6 Å². The Morgan fingerprint density at radius 3 is 2.26 bits per heavy atom. The van der Waals surface area contributed by atoms with Gasteiger partial charge in [0.1, 0.15) is 17.1 Å². The molecule has 0 atom stereocenters. The third kappa shape index (κ3) is 5.56. The molecule has 0 bridgehead atoms. The van der Waals surface area contributed by atoms with E-state index < -0.39 is 37.0 Å². The number of hydrogen-bond donors (Lipinski definition) is 0. The minimum Gasteiger partial charge on any atom is -0.484 e. The van der Waals surface area contributed by atoms with E-state index in [1.165, 1.54) is 48.5 Å². The maximum Gasteiger partial charge on any atom is 0.422 e. The quantitative estimate of drug-likeness (QED) is 0.186. The summed E-state index contributed by atoms with van der Waals surface area (Å²) in [4.78, 5) is 24.4. The second-order valence-corrected chi connectivity index (χ2v) is 7.43. The van der Waals surface area contributed by atoms with Gasteiger partial charge in [-0.25, -0.2) is 4.79 Å². The summed E-state index contributed by atoms with van der Waals surface area (Å²) < 4.78 is 90.3. The topological polar surface area (TPSA) is 65.7 Å². The molecular formula is C24H14F6O5. The van der Waals surface area contributed by atoms with E-state index in [2.05, 4.69) is 4.74 Å². The second kappa shape index (κ2) is 8.97. The van der Waals surface area contributed by atoms with Gasteiger partial charge in [-0.3, -0.25) is 4.79 Å². The summed E-state index contributed by atoms with van der Waals surface area (Å²) in [6.07, 6.45) is -9.30. The van der Waals surface area contributed by atoms with Crippen LogP contribution in [0.25, 0.3) is 33.4 Å². The van der Waals surface area contributed by atoms with E-state index in [4.69, 9.17) is 9.15 Å². The molecule has 0 aromatic heterocycles. The van der Waals surface area contributed by atoms with Gasteiger partial charge in [0.15, 0.2) is 18.6 Å². The van der Waals surface area contributed by atoms with Crippen LogP contribution in [0.4, 0.5) is 26.3 Å². The minimum absolute atomic E-state index is 0.0243. The highest BCUT2D eigenvalue weighted by atomic mass is 19.4. The number of rotatable bonds is 5. The molecule has 0 amide bonds. The Balaban J connectivity index is 1.90. The van der Waals surface area contributed by atoms with Crippen molar-refractivity contribution in [2.45, 2.75) is 12.4 Å². The van der Waals surface area contributed by atoms with Crippen LogP contribution in [0.15, 0.2) is 69.9 Å². The van der Waals surface area contributed by atoms with Gasteiger partial charge in [0.2, 0.25) is 0 Å². The molecule has 0 fully saturated rings. The van der Waals surface area contributed by atoms with Crippen molar-refractivity contribution in [3.05, 3.63) is 76.5 Å². The average molecular weight is 496 g/mol. The van der Waals surface area contributed by atoms with Gasteiger partial charge in [-0.15, -0.1) is 0 Å². The Labute approximate surface area is 192 Å². The van der Waals surface area contributed by atoms with E-state index in [0.717, 1.165) is 6.07 Å². The van der Waals surface area contributed by atoms with Crippen molar-refractivity contribution in [3.8, 4) is 28.2 Å². The number of hydrogen-bond acceptors (Lipinski definition) is 5. The lowest BCUT2D eigenvalue weighted by atomic mass is 9.91. The zero-order valence-electron chi connectivity index (χ0n) is 17.5. The second-order valence-electron chi connectivity index (χ2n) is 7.43. The largest absolute Gasteiger partial charge is 0.484 e. The van der Waals surface area contributed by atoms with Gasteiger partial charge in [-0.2, -0.15) is 26.3 Å². The van der Waals surface area contributed by atoms with E-state index in [9.17, 15) is 35.9 Å². The van der Waals surface area contributed by atoms with Gasteiger partial charge in [-0.1, -0.05) is 18.2 Å². The van der Waals surface area contributed by atoms with Gasteiger partial charge in [-0.05, 0) is 35.9 Å². The van der Waals surface area contributed by atoms with Gasteiger partial charge in [0.05, 0.1) is 5.56 Å². The highest BCUT2D eigenvalue weighted by Gasteiger charge is 2.31. The molecule has 1 heterocycles. The molecule has 4 rings (SSSR count). The lowest BCUT2D eigenvalue weighted by Crippen LogP contribution is -2.20. The first-order chi connectivity index (χ1) is 16.4. The lowest BCUT2D eigenvalue weighted by Gasteiger charge is -2.18. The van der Waals surface area contributed by atoms with E-state index in [1.807, 2.05) is 0 Å². The molecule has 1 aliphatic heterocycles. The number of halogens is 6. The molecule has 0 unspecified atom stereocenters. The number of benzene rings is 3. The predicted octanol–water partition coefficient (Wildman–Crippen LogP) is 6.23. The molecule has 0 spiro atoms. The predicted molar refractivity (Wildman–Crippen MR) is 112 cm³/mol.